The van der Waals surface area contributed by atoms with E-state index in [2.05, 4.69) is 6.92 Å². The normalized spacial score (nSPS) is 17.5. The lowest BCUT2D eigenvalue weighted by atomic mass is 9.99. The van der Waals surface area contributed by atoms with Crippen LogP contribution in [-0.2, 0) is 19.7 Å². The number of nitro benzene ring substituents is 1. The number of thioether (sulfide) groups is 1. The van der Waals surface area contributed by atoms with E-state index in [0.717, 1.165) is 29.9 Å². The van der Waals surface area contributed by atoms with E-state index in [1.165, 1.54) is 43.5 Å². The Balaban J connectivity index is 1.51. The number of methoxy groups -OCH3 is 1. The van der Waals surface area contributed by atoms with Crippen molar-refractivity contribution in [2.24, 2.45) is 5.92 Å². The summed E-state index contributed by atoms with van der Waals surface area (Å²) < 4.78 is 35.9. The first-order valence-electron chi connectivity index (χ1n) is 11.9. The molecule has 39 heavy (non-hydrogen) atoms. The third-order valence-electron chi connectivity index (χ3n) is 6.32. The van der Waals surface area contributed by atoms with E-state index < -0.39 is 36.8 Å². The number of piperidine rings is 1. The molecule has 14 heteroatoms. The number of nitrogens with zero attached hydrogens (tertiary/aromatic N) is 3. The maximum atomic E-state index is 12.9. The van der Waals surface area contributed by atoms with Gasteiger partial charge in [0.05, 0.1) is 16.9 Å². The van der Waals surface area contributed by atoms with Crippen LogP contribution < -0.4 is 8.92 Å². The van der Waals surface area contributed by atoms with Crippen LogP contribution in [0, 0.1) is 16.0 Å². The van der Waals surface area contributed by atoms with Gasteiger partial charge in [-0.1, -0.05) is 25.1 Å². The van der Waals surface area contributed by atoms with E-state index in [4.69, 9.17) is 8.92 Å². The van der Waals surface area contributed by atoms with Crippen LogP contribution in [0.3, 0.4) is 0 Å². The van der Waals surface area contributed by atoms with Crippen LogP contribution in [0.25, 0.3) is 6.08 Å². The number of hydrogen-bond donors (Lipinski definition) is 0. The number of ether oxygens (including phenoxy) is 1. The Hall–Kier alpha value is -3.91. The summed E-state index contributed by atoms with van der Waals surface area (Å²) in [5.74, 6) is -0.627. The highest BCUT2D eigenvalue weighted by Gasteiger charge is 2.37. The van der Waals surface area contributed by atoms with Gasteiger partial charge in [-0.15, -0.1) is 0 Å². The monoisotopic (exact) mass is 575 g/mol. The number of para-hydroxylation sites is 1. The van der Waals surface area contributed by atoms with Gasteiger partial charge in [-0.2, -0.15) is 8.42 Å². The fraction of sp³-hybridized carbons (Fsp3) is 0.320. The lowest BCUT2D eigenvalue weighted by molar-refractivity contribution is -0.387. The van der Waals surface area contributed by atoms with Crippen LogP contribution >= 0.6 is 11.8 Å². The molecule has 3 amide bonds. The zero-order valence-corrected chi connectivity index (χ0v) is 22.7. The highest BCUT2D eigenvalue weighted by atomic mass is 32.2. The first-order valence-corrected chi connectivity index (χ1v) is 14.1. The quantitative estimate of drug-likeness (QED) is 0.197. The van der Waals surface area contributed by atoms with Crippen molar-refractivity contribution in [3.63, 3.8) is 0 Å². The molecule has 0 radical (unpaired) electrons. The molecule has 4 rings (SSSR count). The van der Waals surface area contributed by atoms with E-state index in [9.17, 15) is 32.9 Å². The molecule has 2 fully saturated rings. The molecule has 2 aromatic rings. The smallest absolute Gasteiger partial charge is 0.346 e. The molecular formula is C25H25N3O9S2. The lowest BCUT2D eigenvalue weighted by Crippen LogP contribution is -2.45. The number of nitro groups is 1. The summed E-state index contributed by atoms with van der Waals surface area (Å²) in [4.78, 5) is 50.5. The summed E-state index contributed by atoms with van der Waals surface area (Å²) in [6.45, 7) is 2.96. The van der Waals surface area contributed by atoms with Crippen LogP contribution in [0.2, 0.25) is 0 Å². The number of amides is 3. The van der Waals surface area contributed by atoms with Crippen molar-refractivity contribution >= 4 is 50.7 Å². The number of imide groups is 1. The summed E-state index contributed by atoms with van der Waals surface area (Å²) in [7, 11) is -3.32. The predicted molar refractivity (Wildman–Crippen MR) is 142 cm³/mol. The van der Waals surface area contributed by atoms with Crippen molar-refractivity contribution in [2.75, 3.05) is 26.7 Å². The van der Waals surface area contributed by atoms with E-state index in [1.807, 2.05) is 0 Å². The Morgan fingerprint density at radius 2 is 1.85 bits per heavy atom. The molecule has 2 heterocycles. The van der Waals surface area contributed by atoms with Gasteiger partial charge in [-0.05, 0) is 60.4 Å². The second-order valence-electron chi connectivity index (χ2n) is 9.00. The molecule has 2 saturated heterocycles. The van der Waals surface area contributed by atoms with Crippen molar-refractivity contribution in [1.82, 2.24) is 9.80 Å². The number of benzene rings is 2. The standard InChI is InChI=1S/C25H25N3O9S2/c1-16-9-11-26(12-10-16)23(29)15-27-24(30)21(38-25(27)31)14-17-7-8-19(20(13-17)36-2)37-39(34,35)22-6-4-3-5-18(22)28(32)33/h3-8,13-14,16H,9-12,15H2,1-2H3/b21-14-. The van der Waals surface area contributed by atoms with Gasteiger partial charge in [0.2, 0.25) is 5.91 Å². The van der Waals surface area contributed by atoms with Gasteiger partial charge in [0.15, 0.2) is 16.4 Å². The maximum Gasteiger partial charge on any atom is 0.346 e. The number of likely N-dealkylation sites (tertiary alicyclic amines) is 1. The average molecular weight is 576 g/mol. The van der Waals surface area contributed by atoms with E-state index in [-0.39, 0.29) is 28.9 Å². The molecule has 2 aliphatic rings. The van der Waals surface area contributed by atoms with E-state index >= 15 is 0 Å². The molecule has 2 aliphatic heterocycles. The summed E-state index contributed by atoms with van der Waals surface area (Å²) in [5, 5.41) is 10.7. The van der Waals surface area contributed by atoms with Crippen molar-refractivity contribution < 1.29 is 36.6 Å². The largest absolute Gasteiger partial charge is 0.493 e. The van der Waals surface area contributed by atoms with Crippen molar-refractivity contribution in [1.29, 1.82) is 0 Å². The van der Waals surface area contributed by atoms with Gasteiger partial charge in [-0.25, -0.2) is 0 Å². The molecule has 0 N–H and O–H groups in total. The van der Waals surface area contributed by atoms with Gasteiger partial charge >= 0.3 is 10.1 Å². The highest BCUT2D eigenvalue weighted by Crippen LogP contribution is 2.36. The van der Waals surface area contributed by atoms with Crippen LogP contribution in [0.1, 0.15) is 25.3 Å². The van der Waals surface area contributed by atoms with Crippen molar-refractivity contribution in [2.45, 2.75) is 24.7 Å². The molecule has 2 aromatic carbocycles. The first-order chi connectivity index (χ1) is 18.5. The zero-order valence-electron chi connectivity index (χ0n) is 21.1. The second kappa shape index (κ2) is 11.5. The minimum absolute atomic E-state index is 0.0281. The number of rotatable bonds is 8. The van der Waals surface area contributed by atoms with Crippen LogP contribution in [0.15, 0.2) is 52.3 Å². The fourth-order valence-corrected chi connectivity index (χ4v) is 6.05. The molecule has 0 atom stereocenters. The second-order valence-corrected chi connectivity index (χ2v) is 11.5. The minimum Gasteiger partial charge on any atom is -0.493 e. The SMILES string of the molecule is COc1cc(/C=C2\SC(=O)N(CC(=O)N3CCC(C)CC3)C2=O)ccc1OS(=O)(=O)c1ccccc1[N+](=O)[O-]. The summed E-state index contributed by atoms with van der Waals surface area (Å²) >= 11 is 0.691. The topological polar surface area (TPSA) is 153 Å². The van der Waals surface area contributed by atoms with Gasteiger partial charge in [0, 0.05) is 19.2 Å². The van der Waals surface area contributed by atoms with E-state index in [0.29, 0.717) is 36.3 Å². The highest BCUT2D eigenvalue weighted by molar-refractivity contribution is 8.18. The number of hydrogen-bond acceptors (Lipinski definition) is 10. The molecule has 0 saturated carbocycles. The Labute approximate surface area is 228 Å². The predicted octanol–water partition coefficient (Wildman–Crippen LogP) is 3.67. The number of carbonyl (C=O) groups excluding carboxylic acids is 3. The summed E-state index contributed by atoms with van der Waals surface area (Å²) in [5.41, 5.74) is -0.249. The average Bonchev–Trinajstić information content (AvgIpc) is 3.16. The Kier molecular flexibility index (Phi) is 8.25. The molecule has 0 aromatic heterocycles. The molecule has 0 unspecified atom stereocenters. The molecular weight excluding hydrogens is 550 g/mol. The Morgan fingerprint density at radius 1 is 1.15 bits per heavy atom. The molecule has 0 aliphatic carbocycles. The molecule has 206 valence electrons. The van der Waals surface area contributed by atoms with Gasteiger partial charge in [0.1, 0.15) is 6.54 Å². The molecule has 0 bridgehead atoms. The summed E-state index contributed by atoms with van der Waals surface area (Å²) in [6.07, 6.45) is 3.16. The summed E-state index contributed by atoms with van der Waals surface area (Å²) in [6, 6.07) is 8.85. The van der Waals surface area contributed by atoms with Crippen LogP contribution in [0.5, 0.6) is 11.5 Å². The van der Waals surface area contributed by atoms with E-state index in [1.54, 1.807) is 4.90 Å². The fourth-order valence-electron chi connectivity index (χ4n) is 4.11. The third-order valence-corrected chi connectivity index (χ3v) is 8.51. The molecule has 0 spiro atoms. The van der Waals surface area contributed by atoms with Gasteiger partial charge < -0.3 is 13.8 Å². The minimum atomic E-state index is -4.59. The van der Waals surface area contributed by atoms with Crippen molar-refractivity contribution in [3.8, 4) is 11.5 Å². The first kappa shape index (κ1) is 28.1. The third kappa shape index (κ3) is 6.23. The maximum absolute atomic E-state index is 12.9. The van der Waals surface area contributed by atoms with Gasteiger partial charge in [0.25, 0.3) is 16.8 Å². The van der Waals surface area contributed by atoms with Gasteiger partial charge in [-0.3, -0.25) is 29.4 Å². The number of carbonyl (C=O) groups is 3. The van der Waals surface area contributed by atoms with Crippen molar-refractivity contribution in [3.05, 3.63) is 63.0 Å². The Bertz CT molecular complexity index is 1460. The van der Waals surface area contributed by atoms with Crippen LogP contribution in [0.4, 0.5) is 10.5 Å². The molecule has 12 nitrogen and oxygen atoms in total. The Morgan fingerprint density at radius 3 is 2.51 bits per heavy atom. The van der Waals surface area contributed by atoms with Crippen LogP contribution in [-0.4, -0.2) is 66.9 Å². The lowest BCUT2D eigenvalue weighted by Gasteiger charge is -2.31. The zero-order chi connectivity index (χ0) is 28.3.